The fourth-order valence-corrected chi connectivity index (χ4v) is 2.18. The van der Waals surface area contributed by atoms with Gasteiger partial charge in [0.1, 0.15) is 0 Å². The standard InChI is InChI=1S/C7H9ClN4OS/c8-6-7(10-14-9-6)12-3-1-11(5-13)2-4-12/h5H,1-4H2. The Hall–Kier alpha value is -0.880. The van der Waals surface area contributed by atoms with E-state index in [2.05, 4.69) is 8.75 Å². The Balaban J connectivity index is 2.02. The predicted molar refractivity (Wildman–Crippen MR) is 54.8 cm³/mol. The van der Waals surface area contributed by atoms with Crippen molar-refractivity contribution in [3.63, 3.8) is 0 Å². The highest BCUT2D eigenvalue weighted by molar-refractivity contribution is 6.99. The average Bonchev–Trinajstić information content (AvgIpc) is 2.65. The summed E-state index contributed by atoms with van der Waals surface area (Å²) in [5.41, 5.74) is 0. The van der Waals surface area contributed by atoms with E-state index in [-0.39, 0.29) is 0 Å². The quantitative estimate of drug-likeness (QED) is 0.696. The first-order chi connectivity index (χ1) is 6.81. The van der Waals surface area contributed by atoms with Crippen molar-refractivity contribution in [2.45, 2.75) is 0 Å². The lowest BCUT2D eigenvalue weighted by Gasteiger charge is -2.32. The van der Waals surface area contributed by atoms with E-state index >= 15 is 0 Å². The van der Waals surface area contributed by atoms with Gasteiger partial charge in [0.15, 0.2) is 11.0 Å². The summed E-state index contributed by atoms with van der Waals surface area (Å²) in [6.45, 7) is 2.97. The maximum absolute atomic E-state index is 10.5. The molecule has 0 saturated carbocycles. The first kappa shape index (κ1) is 9.67. The molecule has 0 aromatic carbocycles. The topological polar surface area (TPSA) is 49.3 Å². The van der Waals surface area contributed by atoms with Crippen molar-refractivity contribution in [1.29, 1.82) is 0 Å². The van der Waals surface area contributed by atoms with Crippen molar-refractivity contribution in [3.05, 3.63) is 5.15 Å². The third-order valence-corrected chi connectivity index (χ3v) is 3.07. The molecule has 0 radical (unpaired) electrons. The second-order valence-electron chi connectivity index (χ2n) is 3.01. The van der Waals surface area contributed by atoms with E-state index < -0.39 is 0 Å². The van der Waals surface area contributed by atoms with Crippen LogP contribution in [0, 0.1) is 0 Å². The third kappa shape index (κ3) is 1.80. The van der Waals surface area contributed by atoms with Gasteiger partial charge >= 0.3 is 0 Å². The van der Waals surface area contributed by atoms with E-state index in [1.807, 2.05) is 4.90 Å². The number of carbonyl (C=O) groups excluding carboxylic acids is 1. The van der Waals surface area contributed by atoms with Crippen LogP contribution >= 0.6 is 23.3 Å². The molecule has 1 amide bonds. The lowest BCUT2D eigenvalue weighted by atomic mass is 10.3. The Labute approximate surface area is 90.6 Å². The molecular formula is C7H9ClN4OS. The molecular weight excluding hydrogens is 224 g/mol. The molecule has 0 N–H and O–H groups in total. The lowest BCUT2D eigenvalue weighted by Crippen LogP contribution is -2.45. The zero-order valence-corrected chi connectivity index (χ0v) is 8.96. The normalized spacial score (nSPS) is 17.2. The van der Waals surface area contributed by atoms with Crippen molar-refractivity contribution >= 4 is 35.6 Å². The van der Waals surface area contributed by atoms with Gasteiger partial charge in [0.25, 0.3) is 0 Å². The van der Waals surface area contributed by atoms with Crippen LogP contribution in [0.4, 0.5) is 5.82 Å². The van der Waals surface area contributed by atoms with E-state index in [1.54, 1.807) is 4.90 Å². The van der Waals surface area contributed by atoms with Gasteiger partial charge in [-0.1, -0.05) is 11.6 Å². The van der Waals surface area contributed by atoms with E-state index in [4.69, 9.17) is 11.6 Å². The minimum absolute atomic E-state index is 0.453. The molecule has 1 fully saturated rings. The highest BCUT2D eigenvalue weighted by atomic mass is 35.5. The molecule has 76 valence electrons. The molecule has 1 aromatic rings. The second kappa shape index (κ2) is 4.10. The highest BCUT2D eigenvalue weighted by Gasteiger charge is 2.19. The summed E-state index contributed by atoms with van der Waals surface area (Å²) in [4.78, 5) is 14.3. The van der Waals surface area contributed by atoms with Crippen LogP contribution in [-0.2, 0) is 4.79 Å². The summed E-state index contributed by atoms with van der Waals surface area (Å²) in [7, 11) is 0. The molecule has 0 aliphatic carbocycles. The SMILES string of the molecule is O=CN1CCN(c2nsnc2Cl)CC1. The van der Waals surface area contributed by atoms with Crippen LogP contribution in [0.1, 0.15) is 0 Å². The summed E-state index contributed by atoms with van der Waals surface area (Å²) in [6, 6.07) is 0. The number of anilines is 1. The molecule has 0 unspecified atom stereocenters. The van der Waals surface area contributed by atoms with E-state index in [9.17, 15) is 4.79 Å². The monoisotopic (exact) mass is 232 g/mol. The lowest BCUT2D eigenvalue weighted by molar-refractivity contribution is -0.118. The van der Waals surface area contributed by atoms with Gasteiger partial charge in [0, 0.05) is 26.2 Å². The molecule has 1 aliphatic heterocycles. The van der Waals surface area contributed by atoms with Gasteiger partial charge in [0.05, 0.1) is 11.7 Å². The number of hydrogen-bond donors (Lipinski definition) is 0. The van der Waals surface area contributed by atoms with Crippen LogP contribution in [0.15, 0.2) is 0 Å². The van der Waals surface area contributed by atoms with Gasteiger partial charge < -0.3 is 9.80 Å². The Morgan fingerprint density at radius 3 is 2.50 bits per heavy atom. The summed E-state index contributed by atoms with van der Waals surface area (Å²) in [6.07, 6.45) is 0.873. The van der Waals surface area contributed by atoms with Crippen molar-refractivity contribution in [2.24, 2.45) is 0 Å². The number of aromatic nitrogens is 2. The molecule has 0 bridgehead atoms. The number of halogens is 1. The molecule has 2 heterocycles. The zero-order valence-electron chi connectivity index (χ0n) is 7.39. The zero-order chi connectivity index (χ0) is 9.97. The molecule has 1 aromatic heterocycles. The van der Waals surface area contributed by atoms with Gasteiger partial charge in [-0.3, -0.25) is 4.79 Å². The number of nitrogens with zero attached hydrogens (tertiary/aromatic N) is 4. The number of piperazine rings is 1. The van der Waals surface area contributed by atoms with Crippen LogP contribution in [0.3, 0.4) is 0 Å². The minimum atomic E-state index is 0.453. The summed E-state index contributed by atoms with van der Waals surface area (Å²) in [5, 5.41) is 0.453. The molecule has 7 heteroatoms. The van der Waals surface area contributed by atoms with Gasteiger partial charge in [-0.05, 0) is 0 Å². The number of hydrogen-bond acceptors (Lipinski definition) is 5. The van der Waals surface area contributed by atoms with Crippen LogP contribution in [0.2, 0.25) is 5.15 Å². The van der Waals surface area contributed by atoms with Crippen molar-refractivity contribution in [3.8, 4) is 0 Å². The molecule has 5 nitrogen and oxygen atoms in total. The van der Waals surface area contributed by atoms with Crippen LogP contribution in [-0.4, -0.2) is 46.2 Å². The number of rotatable bonds is 2. The largest absolute Gasteiger partial charge is 0.350 e. The second-order valence-corrected chi connectivity index (χ2v) is 3.89. The summed E-state index contributed by atoms with van der Waals surface area (Å²) < 4.78 is 8.01. The maximum atomic E-state index is 10.5. The molecule has 0 atom stereocenters. The molecule has 1 saturated heterocycles. The van der Waals surface area contributed by atoms with Crippen molar-refractivity contribution < 1.29 is 4.79 Å². The Kier molecular flexibility index (Phi) is 2.83. The molecule has 1 aliphatic rings. The first-order valence-corrected chi connectivity index (χ1v) is 5.34. The average molecular weight is 233 g/mol. The van der Waals surface area contributed by atoms with Crippen molar-refractivity contribution in [1.82, 2.24) is 13.6 Å². The minimum Gasteiger partial charge on any atom is -0.350 e. The molecule has 2 rings (SSSR count). The van der Waals surface area contributed by atoms with Gasteiger partial charge in [-0.15, -0.1) is 0 Å². The predicted octanol–water partition coefficient (Wildman–Crippen LogP) is 0.470. The number of carbonyl (C=O) groups is 1. The van der Waals surface area contributed by atoms with Gasteiger partial charge in [-0.25, -0.2) is 0 Å². The number of amides is 1. The van der Waals surface area contributed by atoms with Gasteiger partial charge in [0.2, 0.25) is 6.41 Å². The molecule has 0 spiro atoms. The summed E-state index contributed by atoms with van der Waals surface area (Å²) >= 11 is 6.97. The maximum Gasteiger partial charge on any atom is 0.209 e. The fourth-order valence-electron chi connectivity index (χ4n) is 1.40. The van der Waals surface area contributed by atoms with E-state index in [0.717, 1.165) is 50.1 Å². The van der Waals surface area contributed by atoms with Crippen LogP contribution in [0.5, 0.6) is 0 Å². The Morgan fingerprint density at radius 1 is 1.29 bits per heavy atom. The highest BCUT2D eigenvalue weighted by Crippen LogP contribution is 2.23. The first-order valence-electron chi connectivity index (χ1n) is 4.23. The van der Waals surface area contributed by atoms with E-state index in [1.165, 1.54) is 0 Å². The summed E-state index contributed by atoms with van der Waals surface area (Å²) in [5.74, 6) is 0.738. The smallest absolute Gasteiger partial charge is 0.209 e. The fraction of sp³-hybridized carbons (Fsp3) is 0.571. The Bertz CT molecular complexity index is 323. The van der Waals surface area contributed by atoms with Crippen LogP contribution in [0.25, 0.3) is 0 Å². The molecule has 14 heavy (non-hydrogen) atoms. The van der Waals surface area contributed by atoms with Crippen LogP contribution < -0.4 is 4.90 Å². The van der Waals surface area contributed by atoms with E-state index in [0.29, 0.717) is 5.15 Å². The third-order valence-electron chi connectivity index (χ3n) is 2.20. The van der Waals surface area contributed by atoms with Crippen molar-refractivity contribution in [2.75, 3.05) is 31.1 Å². The van der Waals surface area contributed by atoms with Gasteiger partial charge in [-0.2, -0.15) is 8.75 Å². The Morgan fingerprint density at radius 2 is 2.00 bits per heavy atom.